The van der Waals surface area contributed by atoms with Crippen molar-refractivity contribution in [2.45, 2.75) is 19.5 Å². The lowest BCUT2D eigenvalue weighted by molar-refractivity contribution is 0.576. The van der Waals surface area contributed by atoms with E-state index in [2.05, 4.69) is 62.4 Å². The zero-order valence-electron chi connectivity index (χ0n) is 11.2. The molecule has 1 unspecified atom stereocenters. The van der Waals surface area contributed by atoms with Crippen LogP contribution in [-0.2, 0) is 6.54 Å². The topological polar surface area (TPSA) is 40.7 Å². The van der Waals surface area contributed by atoms with Gasteiger partial charge in [0, 0.05) is 34.8 Å². The van der Waals surface area contributed by atoms with E-state index < -0.39 is 0 Å². The van der Waals surface area contributed by atoms with Gasteiger partial charge in [0.05, 0.1) is 0 Å². The van der Waals surface area contributed by atoms with Crippen molar-refractivity contribution in [2.75, 3.05) is 0 Å². The van der Waals surface area contributed by atoms with Gasteiger partial charge in [-0.1, -0.05) is 28.1 Å². The molecule has 2 heterocycles. The number of aromatic amines is 1. The van der Waals surface area contributed by atoms with Crippen LogP contribution in [0.5, 0.6) is 0 Å². The lowest BCUT2D eigenvalue weighted by Crippen LogP contribution is -2.17. The van der Waals surface area contributed by atoms with Gasteiger partial charge in [-0.05, 0) is 42.3 Å². The number of fused-ring (bicyclic) bond motifs is 1. The summed E-state index contributed by atoms with van der Waals surface area (Å²) in [4.78, 5) is 7.51. The standard InChI is InChI=1S/C16H16BrN3/c1-11(12-4-2-5-14(17)8-12)19-9-13-10-20-16-15(13)6-3-7-18-16/h2-8,10-11,19H,9H2,1H3,(H,18,20). The largest absolute Gasteiger partial charge is 0.346 e. The molecule has 2 aromatic heterocycles. The molecule has 0 aliphatic carbocycles. The van der Waals surface area contributed by atoms with Gasteiger partial charge < -0.3 is 10.3 Å². The van der Waals surface area contributed by atoms with Gasteiger partial charge in [0.1, 0.15) is 5.65 Å². The quantitative estimate of drug-likeness (QED) is 0.753. The summed E-state index contributed by atoms with van der Waals surface area (Å²) in [5.41, 5.74) is 3.46. The van der Waals surface area contributed by atoms with E-state index in [0.717, 1.165) is 16.7 Å². The van der Waals surface area contributed by atoms with Crippen LogP contribution < -0.4 is 5.32 Å². The summed E-state index contributed by atoms with van der Waals surface area (Å²) in [7, 11) is 0. The Hall–Kier alpha value is -1.65. The third-order valence-electron chi connectivity index (χ3n) is 3.48. The van der Waals surface area contributed by atoms with Crippen LogP contribution in [-0.4, -0.2) is 9.97 Å². The molecular formula is C16H16BrN3. The Labute approximate surface area is 126 Å². The van der Waals surface area contributed by atoms with E-state index in [1.165, 1.54) is 16.5 Å². The molecule has 0 spiro atoms. The van der Waals surface area contributed by atoms with Gasteiger partial charge in [-0.25, -0.2) is 4.98 Å². The molecule has 0 aliphatic heterocycles. The van der Waals surface area contributed by atoms with E-state index in [0.29, 0.717) is 6.04 Å². The third-order valence-corrected chi connectivity index (χ3v) is 3.98. The van der Waals surface area contributed by atoms with Gasteiger partial charge >= 0.3 is 0 Å². The minimum atomic E-state index is 0.300. The first kappa shape index (κ1) is 13.3. The predicted molar refractivity (Wildman–Crippen MR) is 85.5 cm³/mol. The molecule has 20 heavy (non-hydrogen) atoms. The average molecular weight is 330 g/mol. The van der Waals surface area contributed by atoms with E-state index in [1.54, 1.807) is 6.20 Å². The molecule has 2 N–H and O–H groups in total. The Bertz CT molecular complexity index is 720. The van der Waals surface area contributed by atoms with Gasteiger partial charge in [-0.3, -0.25) is 0 Å². The summed E-state index contributed by atoms with van der Waals surface area (Å²) in [5.74, 6) is 0. The number of pyridine rings is 1. The molecule has 0 amide bonds. The number of rotatable bonds is 4. The molecule has 0 saturated carbocycles. The van der Waals surface area contributed by atoms with Gasteiger partial charge in [0.25, 0.3) is 0 Å². The molecule has 0 bridgehead atoms. The number of nitrogens with one attached hydrogen (secondary N) is 2. The van der Waals surface area contributed by atoms with Crippen LogP contribution >= 0.6 is 15.9 Å². The van der Waals surface area contributed by atoms with Crippen molar-refractivity contribution in [3.05, 3.63) is 64.4 Å². The zero-order chi connectivity index (χ0) is 13.9. The fourth-order valence-electron chi connectivity index (χ4n) is 2.32. The smallest absolute Gasteiger partial charge is 0.137 e. The number of H-pyrrole nitrogens is 1. The molecule has 1 aromatic carbocycles. The van der Waals surface area contributed by atoms with Crippen LogP contribution in [0.1, 0.15) is 24.1 Å². The summed E-state index contributed by atoms with van der Waals surface area (Å²) >= 11 is 3.51. The van der Waals surface area contributed by atoms with E-state index in [4.69, 9.17) is 0 Å². The minimum absolute atomic E-state index is 0.300. The van der Waals surface area contributed by atoms with Gasteiger partial charge in [0.15, 0.2) is 0 Å². The van der Waals surface area contributed by atoms with Crippen molar-refractivity contribution in [1.29, 1.82) is 0 Å². The van der Waals surface area contributed by atoms with Crippen molar-refractivity contribution in [3.8, 4) is 0 Å². The molecule has 3 nitrogen and oxygen atoms in total. The number of halogens is 1. The Kier molecular flexibility index (Phi) is 3.85. The van der Waals surface area contributed by atoms with Gasteiger partial charge in [0.2, 0.25) is 0 Å². The summed E-state index contributed by atoms with van der Waals surface area (Å²) in [6.07, 6.45) is 3.83. The van der Waals surface area contributed by atoms with Gasteiger partial charge in [-0.2, -0.15) is 0 Å². The molecule has 0 aliphatic rings. The SMILES string of the molecule is CC(NCc1c[nH]c2ncccc12)c1cccc(Br)c1. The number of hydrogen-bond donors (Lipinski definition) is 2. The number of hydrogen-bond acceptors (Lipinski definition) is 2. The predicted octanol–water partition coefficient (Wildman–Crippen LogP) is 4.18. The second kappa shape index (κ2) is 5.77. The van der Waals surface area contributed by atoms with Crippen molar-refractivity contribution < 1.29 is 0 Å². The first-order valence-corrected chi connectivity index (χ1v) is 7.43. The summed E-state index contributed by atoms with van der Waals surface area (Å²) < 4.78 is 1.11. The van der Waals surface area contributed by atoms with Crippen LogP contribution in [0.2, 0.25) is 0 Å². The summed E-state index contributed by atoms with van der Waals surface area (Å²) in [6.45, 7) is 2.99. The maximum absolute atomic E-state index is 4.31. The normalized spacial score (nSPS) is 12.7. The maximum atomic E-state index is 4.31. The number of nitrogens with zero attached hydrogens (tertiary/aromatic N) is 1. The van der Waals surface area contributed by atoms with Crippen molar-refractivity contribution in [2.24, 2.45) is 0 Å². The molecule has 3 aromatic rings. The Balaban J connectivity index is 1.73. The lowest BCUT2D eigenvalue weighted by atomic mass is 10.1. The molecule has 1 atom stereocenters. The highest BCUT2D eigenvalue weighted by atomic mass is 79.9. The molecule has 102 valence electrons. The highest BCUT2D eigenvalue weighted by Crippen LogP contribution is 2.20. The monoisotopic (exact) mass is 329 g/mol. The van der Waals surface area contributed by atoms with Crippen LogP contribution in [0.25, 0.3) is 11.0 Å². The van der Waals surface area contributed by atoms with Crippen LogP contribution in [0.15, 0.2) is 53.3 Å². The Morgan fingerprint density at radius 1 is 1.30 bits per heavy atom. The average Bonchev–Trinajstić information content (AvgIpc) is 2.88. The van der Waals surface area contributed by atoms with E-state index >= 15 is 0 Å². The zero-order valence-corrected chi connectivity index (χ0v) is 12.8. The fourth-order valence-corrected chi connectivity index (χ4v) is 2.73. The minimum Gasteiger partial charge on any atom is -0.346 e. The van der Waals surface area contributed by atoms with Gasteiger partial charge in [-0.15, -0.1) is 0 Å². The number of benzene rings is 1. The molecule has 0 saturated heterocycles. The Morgan fingerprint density at radius 3 is 3.05 bits per heavy atom. The van der Waals surface area contributed by atoms with E-state index in [9.17, 15) is 0 Å². The second-order valence-corrected chi connectivity index (χ2v) is 5.79. The second-order valence-electron chi connectivity index (χ2n) is 4.87. The van der Waals surface area contributed by atoms with Crippen LogP contribution in [0.4, 0.5) is 0 Å². The molecular weight excluding hydrogens is 314 g/mol. The van der Waals surface area contributed by atoms with E-state index in [-0.39, 0.29) is 0 Å². The molecule has 0 fully saturated rings. The maximum Gasteiger partial charge on any atom is 0.137 e. The van der Waals surface area contributed by atoms with Crippen LogP contribution in [0.3, 0.4) is 0 Å². The summed E-state index contributed by atoms with van der Waals surface area (Å²) in [6, 6.07) is 12.8. The van der Waals surface area contributed by atoms with Crippen molar-refractivity contribution in [3.63, 3.8) is 0 Å². The summed E-state index contributed by atoms with van der Waals surface area (Å²) in [5, 5.41) is 4.73. The highest BCUT2D eigenvalue weighted by Gasteiger charge is 2.08. The Morgan fingerprint density at radius 2 is 2.20 bits per heavy atom. The number of aromatic nitrogens is 2. The molecule has 0 radical (unpaired) electrons. The first-order chi connectivity index (χ1) is 9.74. The van der Waals surface area contributed by atoms with Crippen LogP contribution in [0, 0.1) is 0 Å². The first-order valence-electron chi connectivity index (χ1n) is 6.64. The molecule has 4 heteroatoms. The van der Waals surface area contributed by atoms with Crippen molar-refractivity contribution in [1.82, 2.24) is 15.3 Å². The lowest BCUT2D eigenvalue weighted by Gasteiger charge is -2.14. The van der Waals surface area contributed by atoms with E-state index in [1.807, 2.05) is 18.3 Å². The van der Waals surface area contributed by atoms with Crippen molar-refractivity contribution >= 4 is 27.0 Å². The fraction of sp³-hybridized carbons (Fsp3) is 0.188. The highest BCUT2D eigenvalue weighted by molar-refractivity contribution is 9.10. The third kappa shape index (κ3) is 2.76. The molecule has 3 rings (SSSR count).